The zero-order valence-electron chi connectivity index (χ0n) is 11.1. The molecule has 15 heavy (non-hydrogen) atoms. The van der Waals surface area contributed by atoms with Crippen LogP contribution in [-0.2, 0) is 4.79 Å². The molecule has 0 spiro atoms. The Labute approximate surface area is 94.0 Å². The van der Waals surface area contributed by atoms with E-state index >= 15 is 0 Å². The minimum Gasteiger partial charge on any atom is -0.329 e. The number of nitrogens with zero attached hydrogens (tertiary/aromatic N) is 1. The minimum atomic E-state index is -0.266. The topological polar surface area (TPSA) is 46.3 Å². The van der Waals surface area contributed by atoms with E-state index < -0.39 is 0 Å². The van der Waals surface area contributed by atoms with Gasteiger partial charge < -0.3 is 5.73 Å². The van der Waals surface area contributed by atoms with Crippen molar-refractivity contribution in [3.05, 3.63) is 0 Å². The molecule has 3 nitrogen and oxygen atoms in total. The zero-order valence-corrected chi connectivity index (χ0v) is 11.1. The second-order valence-corrected chi connectivity index (χ2v) is 6.05. The van der Waals surface area contributed by atoms with E-state index in [1.54, 1.807) is 0 Å². The highest BCUT2D eigenvalue weighted by molar-refractivity contribution is 5.85. The summed E-state index contributed by atoms with van der Waals surface area (Å²) in [7, 11) is 0. The molecule has 0 saturated heterocycles. The van der Waals surface area contributed by atoms with E-state index in [0.29, 0.717) is 13.1 Å². The summed E-state index contributed by atoms with van der Waals surface area (Å²) in [4.78, 5) is 14.1. The molecule has 0 aromatic heterocycles. The van der Waals surface area contributed by atoms with E-state index in [2.05, 4.69) is 25.7 Å². The van der Waals surface area contributed by atoms with Crippen LogP contribution in [0.3, 0.4) is 0 Å². The van der Waals surface area contributed by atoms with Gasteiger partial charge in [0.25, 0.3) is 0 Å². The third-order valence-corrected chi connectivity index (χ3v) is 2.52. The molecule has 0 aliphatic rings. The first kappa shape index (κ1) is 14.6. The van der Waals surface area contributed by atoms with Crippen LogP contribution in [0.4, 0.5) is 0 Å². The molecule has 3 heteroatoms. The van der Waals surface area contributed by atoms with Crippen molar-refractivity contribution in [2.24, 2.45) is 11.1 Å². The van der Waals surface area contributed by atoms with Crippen molar-refractivity contribution in [2.45, 2.75) is 47.1 Å². The van der Waals surface area contributed by atoms with Crippen LogP contribution < -0.4 is 5.73 Å². The normalized spacial score (nSPS) is 13.3. The summed E-state index contributed by atoms with van der Waals surface area (Å²) in [6.45, 7) is 14.1. The van der Waals surface area contributed by atoms with E-state index in [0.717, 1.165) is 6.54 Å². The van der Waals surface area contributed by atoms with Crippen molar-refractivity contribution in [2.75, 3.05) is 19.6 Å². The van der Waals surface area contributed by atoms with E-state index in [4.69, 9.17) is 5.73 Å². The molecular weight excluding hydrogens is 188 g/mol. The summed E-state index contributed by atoms with van der Waals surface area (Å²) >= 11 is 0. The highest BCUT2D eigenvalue weighted by atomic mass is 16.1. The van der Waals surface area contributed by atoms with E-state index in [1.165, 1.54) is 0 Å². The lowest BCUT2D eigenvalue weighted by atomic mass is 9.89. The fourth-order valence-electron chi connectivity index (χ4n) is 1.22. The number of Topliss-reactive ketones (excluding diaryl/α,β-unsaturated/α-hetero) is 1. The second kappa shape index (κ2) is 5.08. The third-order valence-electron chi connectivity index (χ3n) is 2.52. The number of nitrogens with two attached hydrogens (primary N) is 1. The second-order valence-electron chi connectivity index (χ2n) is 6.05. The van der Waals surface area contributed by atoms with Gasteiger partial charge in [-0.1, -0.05) is 20.8 Å². The summed E-state index contributed by atoms with van der Waals surface area (Å²) in [6.07, 6.45) is 0. The highest BCUT2D eigenvalue weighted by Gasteiger charge is 2.28. The third kappa shape index (κ3) is 5.28. The van der Waals surface area contributed by atoms with Crippen molar-refractivity contribution in [1.29, 1.82) is 0 Å². The number of hydrogen-bond acceptors (Lipinski definition) is 3. The Balaban J connectivity index is 4.50. The maximum absolute atomic E-state index is 11.9. The molecule has 0 unspecified atom stereocenters. The zero-order chi connectivity index (χ0) is 12.3. The predicted molar refractivity (Wildman–Crippen MR) is 64.8 cm³/mol. The molecular formula is C12H26N2O. The Morgan fingerprint density at radius 1 is 1.13 bits per heavy atom. The Morgan fingerprint density at radius 3 is 1.87 bits per heavy atom. The molecule has 0 aliphatic heterocycles. The maximum Gasteiger partial charge on any atom is 0.152 e. The Bertz CT molecular complexity index is 211. The summed E-state index contributed by atoms with van der Waals surface area (Å²) < 4.78 is 0. The average molecular weight is 214 g/mol. The van der Waals surface area contributed by atoms with Crippen LogP contribution in [0.25, 0.3) is 0 Å². The molecule has 0 fully saturated rings. The fourth-order valence-corrected chi connectivity index (χ4v) is 1.22. The Hall–Kier alpha value is -0.410. The van der Waals surface area contributed by atoms with Crippen molar-refractivity contribution in [3.63, 3.8) is 0 Å². The quantitative estimate of drug-likeness (QED) is 0.774. The van der Waals surface area contributed by atoms with E-state index in [-0.39, 0.29) is 16.7 Å². The average Bonchev–Trinajstić information content (AvgIpc) is 1.99. The fraction of sp³-hybridized carbons (Fsp3) is 0.917. The Kier molecular flexibility index (Phi) is 4.94. The number of carbonyl (C=O) groups is 1. The number of carbonyl (C=O) groups excluding carboxylic acids is 1. The van der Waals surface area contributed by atoms with Gasteiger partial charge in [-0.05, 0) is 20.8 Å². The molecule has 0 radical (unpaired) electrons. The van der Waals surface area contributed by atoms with Crippen LogP contribution in [0.15, 0.2) is 0 Å². The molecule has 0 aromatic carbocycles. The molecule has 0 aliphatic carbocycles. The predicted octanol–water partition coefficient (Wildman–Crippen LogP) is 1.66. The van der Waals surface area contributed by atoms with Gasteiger partial charge in [0.1, 0.15) is 0 Å². The van der Waals surface area contributed by atoms with Crippen LogP contribution >= 0.6 is 0 Å². The lowest BCUT2D eigenvalue weighted by Crippen LogP contribution is -2.48. The van der Waals surface area contributed by atoms with Gasteiger partial charge in [-0.25, -0.2) is 0 Å². The lowest BCUT2D eigenvalue weighted by Gasteiger charge is -2.36. The SMILES string of the molecule is CC(C)(C)C(=O)CN(CCN)C(C)(C)C. The summed E-state index contributed by atoms with van der Waals surface area (Å²) in [5.41, 5.74) is 5.29. The van der Waals surface area contributed by atoms with Crippen molar-refractivity contribution in [1.82, 2.24) is 4.90 Å². The lowest BCUT2D eigenvalue weighted by molar-refractivity contribution is -0.128. The van der Waals surface area contributed by atoms with Crippen molar-refractivity contribution >= 4 is 5.78 Å². The van der Waals surface area contributed by atoms with Crippen molar-refractivity contribution in [3.8, 4) is 0 Å². The first-order chi connectivity index (χ1) is 6.59. The van der Waals surface area contributed by atoms with Crippen LogP contribution in [-0.4, -0.2) is 35.9 Å². The van der Waals surface area contributed by atoms with Crippen LogP contribution in [0, 0.1) is 5.41 Å². The molecule has 0 amide bonds. The van der Waals surface area contributed by atoms with E-state index in [9.17, 15) is 4.79 Å². The Morgan fingerprint density at radius 2 is 1.60 bits per heavy atom. The number of rotatable bonds is 4. The highest BCUT2D eigenvalue weighted by Crippen LogP contribution is 2.19. The number of hydrogen-bond donors (Lipinski definition) is 1. The van der Waals surface area contributed by atoms with Gasteiger partial charge in [0.05, 0.1) is 6.54 Å². The molecule has 0 bridgehead atoms. The van der Waals surface area contributed by atoms with Gasteiger partial charge in [-0.2, -0.15) is 0 Å². The monoisotopic (exact) mass is 214 g/mol. The van der Waals surface area contributed by atoms with Crippen LogP contribution in [0.5, 0.6) is 0 Å². The molecule has 0 saturated carbocycles. The summed E-state index contributed by atoms with van der Waals surface area (Å²) in [6, 6.07) is 0. The van der Waals surface area contributed by atoms with Gasteiger partial charge in [0.2, 0.25) is 0 Å². The van der Waals surface area contributed by atoms with Crippen LogP contribution in [0.1, 0.15) is 41.5 Å². The molecule has 0 rings (SSSR count). The van der Waals surface area contributed by atoms with E-state index in [1.807, 2.05) is 20.8 Å². The van der Waals surface area contributed by atoms with Gasteiger partial charge in [0.15, 0.2) is 5.78 Å². The number of ketones is 1. The van der Waals surface area contributed by atoms with Gasteiger partial charge in [-0.15, -0.1) is 0 Å². The first-order valence-corrected chi connectivity index (χ1v) is 5.57. The maximum atomic E-state index is 11.9. The van der Waals surface area contributed by atoms with Crippen molar-refractivity contribution < 1.29 is 4.79 Å². The molecule has 90 valence electrons. The first-order valence-electron chi connectivity index (χ1n) is 5.57. The van der Waals surface area contributed by atoms with Gasteiger partial charge in [-0.3, -0.25) is 9.69 Å². The van der Waals surface area contributed by atoms with Gasteiger partial charge >= 0.3 is 0 Å². The molecule has 2 N–H and O–H groups in total. The smallest absolute Gasteiger partial charge is 0.152 e. The minimum absolute atomic E-state index is 0.000278. The molecule has 0 atom stereocenters. The standard InChI is InChI=1S/C12H26N2O/c1-11(2,3)10(15)9-14(8-7-13)12(4,5)6/h7-9,13H2,1-6H3. The van der Waals surface area contributed by atoms with Gasteiger partial charge in [0, 0.05) is 24.0 Å². The molecule has 0 aromatic rings. The largest absolute Gasteiger partial charge is 0.329 e. The summed E-state index contributed by atoms with van der Waals surface area (Å²) in [5, 5.41) is 0. The van der Waals surface area contributed by atoms with Crippen LogP contribution in [0.2, 0.25) is 0 Å². The summed E-state index contributed by atoms with van der Waals surface area (Å²) in [5.74, 6) is 0.269. The molecule has 0 heterocycles.